The van der Waals surface area contributed by atoms with Crippen LogP contribution in [0.4, 0.5) is 4.39 Å². The highest BCUT2D eigenvalue weighted by Gasteiger charge is 2.15. The number of hydrogen-bond acceptors (Lipinski definition) is 4. The van der Waals surface area contributed by atoms with Crippen molar-refractivity contribution in [3.05, 3.63) is 57.8 Å². The summed E-state index contributed by atoms with van der Waals surface area (Å²) >= 11 is 11.8. The van der Waals surface area contributed by atoms with Crippen molar-refractivity contribution in [2.24, 2.45) is 0 Å². The van der Waals surface area contributed by atoms with E-state index < -0.39 is 17.8 Å². The van der Waals surface area contributed by atoms with Crippen LogP contribution in [0.5, 0.6) is 11.5 Å². The van der Waals surface area contributed by atoms with E-state index in [-0.39, 0.29) is 23.7 Å². The van der Waals surface area contributed by atoms with Gasteiger partial charge in [-0.05, 0) is 24.3 Å². The van der Waals surface area contributed by atoms with Gasteiger partial charge in [0.2, 0.25) is 0 Å². The lowest BCUT2D eigenvalue weighted by Gasteiger charge is -2.14. The maximum atomic E-state index is 13.8. The van der Waals surface area contributed by atoms with Gasteiger partial charge in [-0.3, -0.25) is 4.79 Å². The third kappa shape index (κ3) is 5.22. The Kier molecular flexibility index (Phi) is 6.87. The van der Waals surface area contributed by atoms with Crippen molar-refractivity contribution in [2.75, 3.05) is 20.3 Å². The van der Waals surface area contributed by atoms with Crippen LogP contribution >= 0.6 is 23.2 Å². The van der Waals surface area contributed by atoms with Crippen molar-refractivity contribution in [3.8, 4) is 11.5 Å². The molecule has 25 heavy (non-hydrogen) atoms. The molecule has 0 aromatic heterocycles. The zero-order valence-electron chi connectivity index (χ0n) is 13.3. The van der Waals surface area contributed by atoms with Gasteiger partial charge in [0.1, 0.15) is 35.0 Å². The number of benzene rings is 2. The molecule has 0 bridgehead atoms. The van der Waals surface area contributed by atoms with Gasteiger partial charge in [-0.15, -0.1) is 0 Å². The van der Waals surface area contributed by atoms with Crippen molar-refractivity contribution in [2.45, 2.75) is 6.10 Å². The van der Waals surface area contributed by atoms with E-state index in [1.54, 1.807) is 18.2 Å². The third-order valence-corrected chi connectivity index (χ3v) is 4.07. The maximum absolute atomic E-state index is 13.8. The van der Waals surface area contributed by atoms with E-state index in [4.69, 9.17) is 32.7 Å². The number of halogens is 3. The fourth-order valence-corrected chi connectivity index (χ4v) is 2.30. The molecule has 0 spiro atoms. The van der Waals surface area contributed by atoms with Gasteiger partial charge in [-0.2, -0.15) is 0 Å². The summed E-state index contributed by atoms with van der Waals surface area (Å²) in [6, 6.07) is 8.75. The highest BCUT2D eigenvalue weighted by molar-refractivity contribution is 6.42. The lowest BCUT2D eigenvalue weighted by molar-refractivity contribution is 0.0840. The van der Waals surface area contributed by atoms with Crippen LogP contribution in [-0.2, 0) is 0 Å². The monoisotopic (exact) mass is 387 g/mol. The largest absolute Gasteiger partial charge is 0.497 e. The molecule has 1 unspecified atom stereocenters. The Balaban J connectivity index is 1.86. The fourth-order valence-electron chi connectivity index (χ4n) is 1.95. The van der Waals surface area contributed by atoms with Crippen LogP contribution in [-0.4, -0.2) is 37.4 Å². The number of amides is 1. The van der Waals surface area contributed by atoms with Gasteiger partial charge in [0.25, 0.3) is 5.91 Å². The molecule has 1 amide bonds. The fraction of sp³-hybridized carbons (Fsp3) is 0.235. The number of methoxy groups -OCH3 is 1. The SMILES string of the molecule is COc1ccc(C(=O)NCC(O)COc2cccc(Cl)c2Cl)c(F)c1. The lowest BCUT2D eigenvalue weighted by Crippen LogP contribution is -2.35. The number of hydrogen-bond donors (Lipinski definition) is 2. The topological polar surface area (TPSA) is 67.8 Å². The van der Waals surface area contributed by atoms with Crippen LogP contribution in [0.15, 0.2) is 36.4 Å². The predicted octanol–water partition coefficient (Wildman–Crippen LogP) is 3.31. The van der Waals surface area contributed by atoms with Crippen molar-refractivity contribution in [1.82, 2.24) is 5.32 Å². The average molecular weight is 388 g/mol. The van der Waals surface area contributed by atoms with Crippen LogP contribution < -0.4 is 14.8 Å². The Bertz CT molecular complexity index is 757. The molecule has 2 N–H and O–H groups in total. The number of rotatable bonds is 7. The molecule has 5 nitrogen and oxygen atoms in total. The van der Waals surface area contributed by atoms with Crippen LogP contribution in [0.1, 0.15) is 10.4 Å². The number of aliphatic hydroxyl groups excluding tert-OH is 1. The first-order valence-electron chi connectivity index (χ1n) is 7.29. The Morgan fingerprint density at radius 3 is 2.76 bits per heavy atom. The Hall–Kier alpha value is -2.02. The summed E-state index contributed by atoms with van der Waals surface area (Å²) < 4.78 is 24.0. The van der Waals surface area contributed by atoms with Gasteiger partial charge in [0.15, 0.2) is 0 Å². The molecule has 0 aliphatic heterocycles. The van der Waals surface area contributed by atoms with Gasteiger partial charge in [0.05, 0.1) is 17.7 Å². The maximum Gasteiger partial charge on any atom is 0.254 e. The van der Waals surface area contributed by atoms with E-state index in [0.29, 0.717) is 16.5 Å². The molecule has 2 rings (SSSR count). The smallest absolute Gasteiger partial charge is 0.254 e. The second kappa shape index (κ2) is 8.89. The van der Waals surface area contributed by atoms with Crippen molar-refractivity contribution in [3.63, 3.8) is 0 Å². The van der Waals surface area contributed by atoms with Crippen molar-refractivity contribution < 1.29 is 23.8 Å². The standard InChI is InChI=1S/C17H16Cl2FNO4/c1-24-11-5-6-12(14(20)7-11)17(23)21-8-10(22)9-25-15-4-2-3-13(18)16(15)19/h2-7,10,22H,8-9H2,1H3,(H,21,23). The van der Waals surface area contributed by atoms with Crippen LogP contribution in [0.3, 0.4) is 0 Å². The number of carbonyl (C=O) groups is 1. The molecular formula is C17H16Cl2FNO4. The molecular weight excluding hydrogens is 372 g/mol. The summed E-state index contributed by atoms with van der Waals surface area (Å²) in [7, 11) is 1.40. The number of aliphatic hydroxyl groups is 1. The second-order valence-electron chi connectivity index (χ2n) is 5.07. The van der Waals surface area contributed by atoms with Gasteiger partial charge in [-0.25, -0.2) is 4.39 Å². The normalized spacial score (nSPS) is 11.7. The zero-order valence-corrected chi connectivity index (χ0v) is 14.8. The molecule has 8 heteroatoms. The third-order valence-electron chi connectivity index (χ3n) is 3.27. The number of ether oxygens (including phenoxy) is 2. The quantitative estimate of drug-likeness (QED) is 0.764. The Morgan fingerprint density at radius 1 is 1.32 bits per heavy atom. The minimum Gasteiger partial charge on any atom is -0.497 e. The van der Waals surface area contributed by atoms with E-state index in [1.165, 1.54) is 19.2 Å². The van der Waals surface area contributed by atoms with E-state index in [0.717, 1.165) is 6.07 Å². The summed E-state index contributed by atoms with van der Waals surface area (Å²) in [5, 5.41) is 12.9. The summed E-state index contributed by atoms with van der Waals surface area (Å²) in [4.78, 5) is 12.0. The number of carbonyl (C=O) groups excluding carboxylic acids is 1. The van der Waals surface area contributed by atoms with E-state index >= 15 is 0 Å². The van der Waals surface area contributed by atoms with Crippen LogP contribution in [0.2, 0.25) is 10.0 Å². The molecule has 0 saturated carbocycles. The minimum absolute atomic E-state index is 0.120. The summed E-state index contributed by atoms with van der Waals surface area (Å²) in [5.74, 6) is -0.741. The highest BCUT2D eigenvalue weighted by atomic mass is 35.5. The Morgan fingerprint density at radius 2 is 2.08 bits per heavy atom. The van der Waals surface area contributed by atoms with E-state index in [1.807, 2.05) is 0 Å². The molecule has 0 saturated heterocycles. The molecule has 2 aromatic carbocycles. The molecule has 0 radical (unpaired) electrons. The van der Waals surface area contributed by atoms with Crippen LogP contribution in [0.25, 0.3) is 0 Å². The predicted molar refractivity (Wildman–Crippen MR) is 93.2 cm³/mol. The van der Waals surface area contributed by atoms with Crippen molar-refractivity contribution >= 4 is 29.1 Å². The molecule has 0 fully saturated rings. The van der Waals surface area contributed by atoms with E-state index in [2.05, 4.69) is 5.32 Å². The van der Waals surface area contributed by atoms with Gasteiger partial charge in [0, 0.05) is 12.6 Å². The highest BCUT2D eigenvalue weighted by Crippen LogP contribution is 2.31. The van der Waals surface area contributed by atoms with Gasteiger partial charge < -0.3 is 19.9 Å². The minimum atomic E-state index is -1.01. The first-order chi connectivity index (χ1) is 11.9. The van der Waals surface area contributed by atoms with Gasteiger partial charge >= 0.3 is 0 Å². The van der Waals surface area contributed by atoms with E-state index in [9.17, 15) is 14.3 Å². The summed E-state index contributed by atoms with van der Waals surface area (Å²) in [5.41, 5.74) is -0.146. The number of nitrogens with one attached hydrogen (secondary N) is 1. The van der Waals surface area contributed by atoms with Gasteiger partial charge in [-0.1, -0.05) is 29.3 Å². The molecule has 0 heterocycles. The Labute approximate surface area is 154 Å². The second-order valence-corrected chi connectivity index (χ2v) is 5.86. The molecule has 0 aliphatic carbocycles. The zero-order chi connectivity index (χ0) is 18.4. The summed E-state index contributed by atoms with van der Waals surface area (Å²) in [6.45, 7) is -0.242. The first kappa shape index (κ1) is 19.3. The lowest BCUT2D eigenvalue weighted by atomic mass is 10.2. The molecule has 0 aliphatic rings. The average Bonchev–Trinajstić information content (AvgIpc) is 2.60. The molecule has 1 atom stereocenters. The van der Waals surface area contributed by atoms with Crippen LogP contribution in [0, 0.1) is 5.82 Å². The molecule has 134 valence electrons. The van der Waals surface area contributed by atoms with Crippen molar-refractivity contribution in [1.29, 1.82) is 0 Å². The molecule has 2 aromatic rings. The first-order valence-corrected chi connectivity index (χ1v) is 8.04. The summed E-state index contributed by atoms with van der Waals surface area (Å²) in [6.07, 6.45) is -1.01.